The fourth-order valence-corrected chi connectivity index (χ4v) is 2.93. The van der Waals surface area contributed by atoms with Crippen molar-refractivity contribution in [1.82, 2.24) is 24.8 Å². The molecule has 0 aliphatic carbocycles. The zero-order valence-electron chi connectivity index (χ0n) is 16.2. The number of benzene rings is 1. The number of aromatic nitrogens is 4. The number of fused-ring (bicyclic) bond motifs is 1. The number of hydrogen-bond donors (Lipinski definition) is 1. The molecule has 7 heteroatoms. The molecule has 1 aromatic carbocycles. The Hall–Kier alpha value is -3.19. The Morgan fingerprint density at radius 1 is 1.18 bits per heavy atom. The van der Waals surface area contributed by atoms with Gasteiger partial charge in [0.2, 0.25) is 0 Å². The summed E-state index contributed by atoms with van der Waals surface area (Å²) in [6, 6.07) is 12.0. The van der Waals surface area contributed by atoms with Crippen LogP contribution in [-0.2, 0) is 13.0 Å². The maximum atomic E-state index is 5.93. The van der Waals surface area contributed by atoms with Gasteiger partial charge in [0.1, 0.15) is 18.0 Å². The first-order chi connectivity index (χ1) is 13.6. The van der Waals surface area contributed by atoms with Gasteiger partial charge in [-0.05, 0) is 50.7 Å². The number of nitrogens with zero attached hydrogens (tertiary/aromatic N) is 4. The summed E-state index contributed by atoms with van der Waals surface area (Å²) in [6.45, 7) is 4.52. The Labute approximate surface area is 163 Å². The molecular weight excluding hydrogens is 354 g/mol. The van der Waals surface area contributed by atoms with Gasteiger partial charge >= 0.3 is 0 Å². The van der Waals surface area contributed by atoms with Crippen molar-refractivity contribution in [2.24, 2.45) is 0 Å². The molecule has 1 unspecified atom stereocenters. The number of ether oxygens (including phenoxy) is 1. The van der Waals surface area contributed by atoms with Gasteiger partial charge in [0.15, 0.2) is 5.82 Å². The summed E-state index contributed by atoms with van der Waals surface area (Å²) in [5.74, 6) is 1.91. The standard InChI is InChI=1S/C21H23N5O2/c1-14-7-8-20-23-17(12-26(20)11-14)13-27-18-6-4-5-16(10-18)21-24-19(25-28-21)9-15(2)22-3/h4-8,10-12,15,22H,9,13H2,1-3H3. The minimum Gasteiger partial charge on any atom is -0.487 e. The molecule has 28 heavy (non-hydrogen) atoms. The molecule has 0 radical (unpaired) electrons. The van der Waals surface area contributed by atoms with Gasteiger partial charge in [-0.2, -0.15) is 4.98 Å². The minimum absolute atomic E-state index is 0.286. The van der Waals surface area contributed by atoms with E-state index in [0.717, 1.165) is 22.7 Å². The largest absolute Gasteiger partial charge is 0.487 e. The number of aryl methyl sites for hydroxylation is 1. The first-order valence-electron chi connectivity index (χ1n) is 9.28. The van der Waals surface area contributed by atoms with E-state index in [-0.39, 0.29) is 6.04 Å². The van der Waals surface area contributed by atoms with E-state index in [9.17, 15) is 0 Å². The van der Waals surface area contributed by atoms with Crippen molar-refractivity contribution < 1.29 is 9.26 Å². The van der Waals surface area contributed by atoms with Gasteiger partial charge in [-0.25, -0.2) is 4.98 Å². The first-order valence-corrected chi connectivity index (χ1v) is 9.28. The highest BCUT2D eigenvalue weighted by Gasteiger charge is 2.12. The van der Waals surface area contributed by atoms with Crippen LogP contribution in [0.25, 0.3) is 17.1 Å². The number of nitrogens with one attached hydrogen (secondary N) is 1. The molecule has 7 nitrogen and oxygen atoms in total. The number of rotatable bonds is 7. The molecule has 0 aliphatic heterocycles. The van der Waals surface area contributed by atoms with Crippen LogP contribution in [0.15, 0.2) is 53.3 Å². The van der Waals surface area contributed by atoms with Crippen molar-refractivity contribution in [2.75, 3.05) is 7.05 Å². The van der Waals surface area contributed by atoms with E-state index in [2.05, 4.69) is 40.5 Å². The molecule has 3 heterocycles. The summed E-state index contributed by atoms with van der Waals surface area (Å²) in [7, 11) is 1.91. The van der Waals surface area contributed by atoms with E-state index in [1.165, 1.54) is 5.56 Å². The lowest BCUT2D eigenvalue weighted by molar-refractivity contribution is 0.302. The smallest absolute Gasteiger partial charge is 0.258 e. The zero-order chi connectivity index (χ0) is 19.5. The van der Waals surface area contributed by atoms with E-state index >= 15 is 0 Å². The van der Waals surface area contributed by atoms with Gasteiger partial charge in [0.25, 0.3) is 5.89 Å². The third kappa shape index (κ3) is 4.04. The molecule has 4 aromatic rings. The van der Waals surface area contributed by atoms with Gasteiger partial charge in [0, 0.05) is 30.4 Å². The van der Waals surface area contributed by atoms with E-state index in [0.29, 0.717) is 24.7 Å². The van der Waals surface area contributed by atoms with Gasteiger partial charge in [-0.1, -0.05) is 17.3 Å². The normalized spacial score (nSPS) is 12.4. The quantitative estimate of drug-likeness (QED) is 0.532. The molecule has 0 aliphatic rings. The van der Waals surface area contributed by atoms with Crippen LogP contribution in [0.1, 0.15) is 24.0 Å². The van der Waals surface area contributed by atoms with Crippen LogP contribution in [0.3, 0.4) is 0 Å². The lowest BCUT2D eigenvalue weighted by Gasteiger charge is -2.05. The summed E-state index contributed by atoms with van der Waals surface area (Å²) in [6.07, 6.45) is 4.75. The summed E-state index contributed by atoms with van der Waals surface area (Å²) in [5.41, 5.74) is 3.80. The van der Waals surface area contributed by atoms with E-state index in [1.807, 2.05) is 54.0 Å². The van der Waals surface area contributed by atoms with Gasteiger partial charge in [0.05, 0.1) is 5.69 Å². The molecule has 1 atom stereocenters. The topological polar surface area (TPSA) is 77.5 Å². The van der Waals surface area contributed by atoms with Crippen molar-refractivity contribution in [2.45, 2.75) is 32.9 Å². The average Bonchev–Trinajstić information content (AvgIpc) is 3.32. The van der Waals surface area contributed by atoms with Crippen LogP contribution in [0.5, 0.6) is 5.75 Å². The van der Waals surface area contributed by atoms with Crippen molar-refractivity contribution in [3.8, 4) is 17.2 Å². The molecule has 4 rings (SSSR count). The Morgan fingerprint density at radius 2 is 2.07 bits per heavy atom. The van der Waals surface area contributed by atoms with Crippen molar-refractivity contribution >= 4 is 5.65 Å². The predicted molar refractivity (Wildman–Crippen MR) is 106 cm³/mol. The number of hydrogen-bond acceptors (Lipinski definition) is 6. The maximum absolute atomic E-state index is 5.93. The zero-order valence-corrected chi connectivity index (χ0v) is 16.2. The number of likely N-dealkylation sites (N-methyl/N-ethyl adjacent to an activating group) is 1. The third-order valence-corrected chi connectivity index (χ3v) is 4.57. The second-order valence-corrected chi connectivity index (χ2v) is 6.93. The molecule has 1 N–H and O–H groups in total. The van der Waals surface area contributed by atoms with Crippen molar-refractivity contribution in [1.29, 1.82) is 0 Å². The highest BCUT2D eigenvalue weighted by molar-refractivity contribution is 5.55. The molecule has 0 fully saturated rings. The van der Waals surface area contributed by atoms with Crippen LogP contribution in [-0.4, -0.2) is 32.6 Å². The van der Waals surface area contributed by atoms with E-state index in [1.54, 1.807) is 0 Å². The highest BCUT2D eigenvalue weighted by atomic mass is 16.5. The van der Waals surface area contributed by atoms with Gasteiger partial charge in [-0.15, -0.1) is 0 Å². The maximum Gasteiger partial charge on any atom is 0.258 e. The van der Waals surface area contributed by atoms with E-state index < -0.39 is 0 Å². The summed E-state index contributed by atoms with van der Waals surface area (Å²) >= 11 is 0. The minimum atomic E-state index is 0.286. The Bertz CT molecular complexity index is 1090. The van der Waals surface area contributed by atoms with Crippen LogP contribution in [0, 0.1) is 6.92 Å². The Morgan fingerprint density at radius 3 is 2.93 bits per heavy atom. The molecule has 0 amide bonds. The fourth-order valence-electron chi connectivity index (χ4n) is 2.93. The van der Waals surface area contributed by atoms with Crippen LogP contribution in [0.2, 0.25) is 0 Å². The SMILES string of the molecule is CNC(C)Cc1noc(-c2cccc(OCc3cn4cc(C)ccc4n3)c2)n1. The summed E-state index contributed by atoms with van der Waals surface area (Å²) in [5, 5.41) is 7.22. The monoisotopic (exact) mass is 377 g/mol. The molecular formula is C21H23N5O2. The third-order valence-electron chi connectivity index (χ3n) is 4.57. The molecule has 0 bridgehead atoms. The Balaban J connectivity index is 1.46. The summed E-state index contributed by atoms with van der Waals surface area (Å²) in [4.78, 5) is 9.06. The lowest BCUT2D eigenvalue weighted by Crippen LogP contribution is -2.24. The summed E-state index contributed by atoms with van der Waals surface area (Å²) < 4.78 is 13.3. The lowest BCUT2D eigenvalue weighted by atomic mass is 10.2. The molecule has 0 saturated heterocycles. The number of pyridine rings is 1. The Kier molecular flexibility index (Phi) is 5.08. The average molecular weight is 377 g/mol. The van der Waals surface area contributed by atoms with Gasteiger partial charge < -0.3 is 19.0 Å². The molecule has 0 spiro atoms. The number of imidazole rings is 1. The van der Waals surface area contributed by atoms with Crippen LogP contribution >= 0.6 is 0 Å². The van der Waals surface area contributed by atoms with Crippen molar-refractivity contribution in [3.05, 3.63) is 65.9 Å². The van der Waals surface area contributed by atoms with Gasteiger partial charge in [-0.3, -0.25) is 0 Å². The highest BCUT2D eigenvalue weighted by Crippen LogP contribution is 2.23. The molecule has 144 valence electrons. The molecule has 3 aromatic heterocycles. The molecule has 0 saturated carbocycles. The second kappa shape index (κ2) is 7.82. The fraction of sp³-hybridized carbons (Fsp3) is 0.286. The predicted octanol–water partition coefficient (Wildman–Crippen LogP) is 3.42. The van der Waals surface area contributed by atoms with Crippen LogP contribution < -0.4 is 10.1 Å². The van der Waals surface area contributed by atoms with Crippen molar-refractivity contribution in [3.63, 3.8) is 0 Å². The van der Waals surface area contributed by atoms with E-state index in [4.69, 9.17) is 9.26 Å². The second-order valence-electron chi connectivity index (χ2n) is 6.93. The first kappa shape index (κ1) is 18.2. The van der Waals surface area contributed by atoms with Crippen LogP contribution in [0.4, 0.5) is 0 Å².